The Kier molecular flexibility index (Phi) is 5.67. The van der Waals surface area contributed by atoms with Gasteiger partial charge in [-0.2, -0.15) is 0 Å². The van der Waals surface area contributed by atoms with Crippen molar-refractivity contribution in [2.45, 2.75) is 51.7 Å². The number of pyridine rings is 2. The maximum atomic E-state index is 15.1. The fraction of sp³-hybridized carbons (Fsp3) is 0.444. The molecule has 1 atom stereocenters. The Labute approximate surface area is 209 Å². The van der Waals surface area contributed by atoms with Gasteiger partial charge in [-0.3, -0.25) is 5.32 Å². The van der Waals surface area contributed by atoms with Crippen LogP contribution < -0.4 is 20.7 Å². The number of hydrogen-bond donors (Lipinski definition) is 3. The number of amides is 1. The van der Waals surface area contributed by atoms with E-state index in [0.29, 0.717) is 52.8 Å². The molecular formula is C27H30FN5O3. The number of halogens is 1. The molecule has 1 saturated carbocycles. The summed E-state index contributed by atoms with van der Waals surface area (Å²) in [4.78, 5) is 21.2. The summed E-state index contributed by atoms with van der Waals surface area (Å²) in [7, 11) is 0. The van der Waals surface area contributed by atoms with E-state index >= 15 is 4.39 Å². The van der Waals surface area contributed by atoms with Gasteiger partial charge in [0.2, 0.25) is 5.88 Å². The molecule has 9 heteroatoms. The van der Waals surface area contributed by atoms with Crippen LogP contribution >= 0.6 is 0 Å². The number of ether oxygens (including phenoxy) is 2. The second-order valence-electron chi connectivity index (χ2n) is 10.4. The largest absolute Gasteiger partial charge is 0.474 e. The lowest BCUT2D eigenvalue weighted by atomic mass is 9.60. The topological polar surface area (TPSA) is 97.4 Å². The lowest BCUT2D eigenvalue weighted by molar-refractivity contribution is -0.0606. The van der Waals surface area contributed by atoms with Crippen LogP contribution in [0.4, 0.5) is 20.7 Å². The van der Waals surface area contributed by atoms with Crippen LogP contribution in [-0.4, -0.2) is 47.9 Å². The third-order valence-electron chi connectivity index (χ3n) is 7.76. The Morgan fingerprint density at radius 3 is 2.83 bits per heavy atom. The minimum atomic E-state index is -0.508. The molecule has 2 aliphatic heterocycles. The summed E-state index contributed by atoms with van der Waals surface area (Å²) in [6, 6.07) is 5.46. The standard InChI is InChI=1S/C27H30FN5O3/c1-15-10-27(3-4-29-15)11-19(12-27)36-26(34)33-23-9-17-7-20(22(28)8-18(17)13-31-23)21-14-32-25-24(16(21)2)30-5-6-35-25/h7-9,13-15,19,29-30H,3-6,10-12H2,1-2H3,(H,31,33,34). The highest BCUT2D eigenvalue weighted by atomic mass is 19.1. The van der Waals surface area contributed by atoms with Crippen molar-refractivity contribution in [2.75, 3.05) is 30.3 Å². The second-order valence-corrected chi connectivity index (χ2v) is 10.4. The first-order valence-electron chi connectivity index (χ1n) is 12.6. The summed E-state index contributed by atoms with van der Waals surface area (Å²) in [5.74, 6) is 0.534. The average Bonchev–Trinajstić information content (AvgIpc) is 2.83. The third kappa shape index (κ3) is 4.21. The molecule has 3 aliphatic rings. The third-order valence-corrected chi connectivity index (χ3v) is 7.76. The quantitative estimate of drug-likeness (QED) is 0.473. The zero-order valence-electron chi connectivity index (χ0n) is 20.5. The van der Waals surface area contributed by atoms with Crippen LogP contribution in [0.5, 0.6) is 5.88 Å². The Morgan fingerprint density at radius 1 is 1.14 bits per heavy atom. The van der Waals surface area contributed by atoms with Gasteiger partial charge in [0.05, 0.1) is 0 Å². The molecule has 1 amide bonds. The number of hydrogen-bond acceptors (Lipinski definition) is 7. The van der Waals surface area contributed by atoms with Crippen molar-refractivity contribution in [1.82, 2.24) is 15.3 Å². The van der Waals surface area contributed by atoms with E-state index in [1.807, 2.05) is 6.92 Å². The molecule has 3 N–H and O–H groups in total. The lowest BCUT2D eigenvalue weighted by Crippen LogP contribution is -2.52. The van der Waals surface area contributed by atoms with Crippen molar-refractivity contribution in [3.63, 3.8) is 0 Å². The van der Waals surface area contributed by atoms with Crippen molar-refractivity contribution in [3.05, 3.63) is 42.0 Å². The highest BCUT2D eigenvalue weighted by Gasteiger charge is 2.47. The summed E-state index contributed by atoms with van der Waals surface area (Å²) in [5.41, 5.74) is 3.08. The van der Waals surface area contributed by atoms with Crippen LogP contribution in [0.3, 0.4) is 0 Å². The first-order valence-corrected chi connectivity index (χ1v) is 12.6. The molecule has 188 valence electrons. The molecule has 1 unspecified atom stereocenters. The minimum absolute atomic E-state index is 0.0615. The predicted molar refractivity (Wildman–Crippen MR) is 136 cm³/mol. The first-order chi connectivity index (χ1) is 17.4. The van der Waals surface area contributed by atoms with E-state index in [1.165, 1.54) is 6.07 Å². The van der Waals surface area contributed by atoms with Gasteiger partial charge in [0.25, 0.3) is 0 Å². The molecule has 8 nitrogen and oxygen atoms in total. The Bertz CT molecular complexity index is 1340. The van der Waals surface area contributed by atoms with Crippen LogP contribution in [0, 0.1) is 18.2 Å². The Hall–Kier alpha value is -3.46. The first kappa shape index (κ1) is 23.0. The maximum Gasteiger partial charge on any atom is 0.413 e. The van der Waals surface area contributed by atoms with Crippen LogP contribution in [0.1, 0.15) is 38.2 Å². The van der Waals surface area contributed by atoms with E-state index in [4.69, 9.17) is 9.47 Å². The fourth-order valence-electron chi connectivity index (χ4n) is 5.99. The molecule has 0 bridgehead atoms. The number of benzene rings is 1. The summed E-state index contributed by atoms with van der Waals surface area (Å²) < 4.78 is 26.3. The van der Waals surface area contributed by atoms with Gasteiger partial charge >= 0.3 is 6.09 Å². The fourth-order valence-corrected chi connectivity index (χ4v) is 5.99. The van der Waals surface area contributed by atoms with Crippen LogP contribution in [-0.2, 0) is 4.74 Å². The molecule has 1 spiro atoms. The van der Waals surface area contributed by atoms with E-state index in [2.05, 4.69) is 32.8 Å². The van der Waals surface area contributed by atoms with Crippen LogP contribution in [0.25, 0.3) is 21.9 Å². The molecule has 6 rings (SSSR count). The molecule has 36 heavy (non-hydrogen) atoms. The summed E-state index contributed by atoms with van der Waals surface area (Å²) in [5, 5.41) is 10.9. The SMILES string of the molecule is Cc1c(-c2cc3cc(NC(=O)OC4CC5(CCNC(C)C5)C4)ncc3cc2F)cnc2c1NCCO2. The number of aromatic nitrogens is 2. The molecular weight excluding hydrogens is 461 g/mol. The summed E-state index contributed by atoms with van der Waals surface area (Å²) >= 11 is 0. The van der Waals surface area contributed by atoms with E-state index in [0.717, 1.165) is 48.9 Å². The van der Waals surface area contributed by atoms with Gasteiger partial charge in [0.15, 0.2) is 0 Å². The lowest BCUT2D eigenvalue weighted by Gasteiger charge is -2.51. The number of nitrogens with one attached hydrogen (secondary N) is 3. The van der Waals surface area contributed by atoms with E-state index in [9.17, 15) is 4.79 Å². The van der Waals surface area contributed by atoms with Gasteiger partial charge in [-0.15, -0.1) is 0 Å². The van der Waals surface area contributed by atoms with Crippen molar-refractivity contribution >= 4 is 28.4 Å². The van der Waals surface area contributed by atoms with Crippen LogP contribution in [0.15, 0.2) is 30.6 Å². The molecule has 1 saturated heterocycles. The normalized spacial score (nSPS) is 24.9. The maximum absolute atomic E-state index is 15.1. The van der Waals surface area contributed by atoms with Gasteiger partial charge in [-0.05, 0) is 80.6 Å². The number of carbonyl (C=O) groups excluding carboxylic acids is 1. The van der Waals surface area contributed by atoms with Crippen molar-refractivity contribution in [3.8, 4) is 17.0 Å². The highest BCUT2D eigenvalue weighted by molar-refractivity contribution is 5.92. The molecule has 3 aromatic rings. The smallest absolute Gasteiger partial charge is 0.413 e. The predicted octanol–water partition coefficient (Wildman–Crippen LogP) is 5.02. The summed E-state index contributed by atoms with van der Waals surface area (Å²) in [6.07, 6.45) is 6.70. The number of rotatable bonds is 3. The highest BCUT2D eigenvalue weighted by Crippen LogP contribution is 2.50. The average molecular weight is 492 g/mol. The number of nitrogens with zero attached hydrogens (tertiary/aromatic N) is 2. The molecule has 4 heterocycles. The zero-order chi connectivity index (χ0) is 24.9. The zero-order valence-corrected chi connectivity index (χ0v) is 20.5. The van der Waals surface area contributed by atoms with Crippen molar-refractivity contribution < 1.29 is 18.7 Å². The monoisotopic (exact) mass is 491 g/mol. The Balaban J connectivity index is 1.18. The van der Waals surface area contributed by atoms with Crippen molar-refractivity contribution in [1.29, 1.82) is 0 Å². The van der Waals surface area contributed by atoms with Crippen molar-refractivity contribution in [2.24, 2.45) is 5.41 Å². The number of anilines is 2. The van der Waals surface area contributed by atoms with E-state index < -0.39 is 6.09 Å². The van der Waals surface area contributed by atoms with Gasteiger partial charge in [-0.25, -0.2) is 19.2 Å². The molecule has 1 aliphatic carbocycles. The van der Waals surface area contributed by atoms with Gasteiger partial charge in [0, 0.05) is 41.5 Å². The van der Waals surface area contributed by atoms with Gasteiger partial charge in [0.1, 0.15) is 30.0 Å². The van der Waals surface area contributed by atoms with Crippen LogP contribution in [0.2, 0.25) is 0 Å². The minimum Gasteiger partial charge on any atom is -0.474 e. The number of piperidine rings is 1. The van der Waals surface area contributed by atoms with E-state index in [1.54, 1.807) is 24.5 Å². The molecule has 0 radical (unpaired) electrons. The van der Waals surface area contributed by atoms with E-state index in [-0.39, 0.29) is 11.9 Å². The van der Waals surface area contributed by atoms with Gasteiger partial charge < -0.3 is 20.1 Å². The van der Waals surface area contributed by atoms with Gasteiger partial charge in [-0.1, -0.05) is 0 Å². The number of fused-ring (bicyclic) bond motifs is 2. The molecule has 1 aromatic carbocycles. The molecule has 2 fully saturated rings. The Morgan fingerprint density at radius 2 is 2.00 bits per heavy atom. The molecule has 2 aromatic heterocycles. The number of carbonyl (C=O) groups is 1. The summed E-state index contributed by atoms with van der Waals surface area (Å²) in [6.45, 7) is 6.38. The second kappa shape index (κ2) is 8.89.